The standard InChI is InChI=1S/C27H31N5O8/c1-30-13-9-18(22(35)26(30)39)24(37)28-11-15-32(21(34)8-7-17-5-3-4-6-20(17)33)16-12-29-25(38)19-10-14-31(2)27(40)23(19)36/h3-6,9-10,13-14,33,35-36H,7-8,11-12,15-16H2,1-2H3,(H,28,37)(H,29,38). The van der Waals surface area contributed by atoms with E-state index in [2.05, 4.69) is 10.6 Å². The maximum atomic E-state index is 13.0. The lowest BCUT2D eigenvalue weighted by Gasteiger charge is -2.23. The summed E-state index contributed by atoms with van der Waals surface area (Å²) in [7, 11) is 2.86. The first-order chi connectivity index (χ1) is 19.0. The number of aromatic nitrogens is 2. The largest absolute Gasteiger partial charge is 0.508 e. The number of carbonyl (C=O) groups is 3. The number of phenols is 1. The molecular weight excluding hydrogens is 522 g/mol. The van der Waals surface area contributed by atoms with E-state index in [4.69, 9.17) is 0 Å². The maximum Gasteiger partial charge on any atom is 0.293 e. The van der Waals surface area contributed by atoms with Crippen LogP contribution in [0.2, 0.25) is 0 Å². The summed E-state index contributed by atoms with van der Waals surface area (Å²) in [5.74, 6) is -3.05. The van der Waals surface area contributed by atoms with Crippen molar-refractivity contribution in [3.05, 3.63) is 86.2 Å². The van der Waals surface area contributed by atoms with Crippen LogP contribution in [0.4, 0.5) is 0 Å². The lowest BCUT2D eigenvalue weighted by molar-refractivity contribution is -0.131. The van der Waals surface area contributed by atoms with Gasteiger partial charge >= 0.3 is 0 Å². The Morgan fingerprint density at radius 2 is 1.25 bits per heavy atom. The number of hydrogen-bond acceptors (Lipinski definition) is 8. The van der Waals surface area contributed by atoms with E-state index >= 15 is 0 Å². The molecule has 0 unspecified atom stereocenters. The summed E-state index contributed by atoms with van der Waals surface area (Å²) in [4.78, 5) is 63.3. The number of amides is 3. The molecule has 40 heavy (non-hydrogen) atoms. The minimum absolute atomic E-state index is 0.0285. The second-order valence-electron chi connectivity index (χ2n) is 9.01. The van der Waals surface area contributed by atoms with Gasteiger partial charge in [-0.3, -0.25) is 24.0 Å². The fourth-order valence-electron chi connectivity index (χ4n) is 3.88. The Morgan fingerprint density at radius 3 is 1.73 bits per heavy atom. The highest BCUT2D eigenvalue weighted by Crippen LogP contribution is 2.18. The van der Waals surface area contributed by atoms with Crippen molar-refractivity contribution in [1.29, 1.82) is 0 Å². The summed E-state index contributed by atoms with van der Waals surface area (Å²) in [6.45, 7) is 0.00639. The molecule has 0 aliphatic heterocycles. The van der Waals surface area contributed by atoms with Gasteiger partial charge in [0.25, 0.3) is 22.9 Å². The Morgan fingerprint density at radius 1 is 0.775 bits per heavy atom. The molecule has 212 valence electrons. The Hall–Kier alpha value is -5.07. The minimum atomic E-state index is -0.730. The van der Waals surface area contributed by atoms with Gasteiger partial charge in [0.2, 0.25) is 5.91 Å². The van der Waals surface area contributed by atoms with Crippen LogP contribution in [-0.4, -0.2) is 73.3 Å². The molecule has 0 fully saturated rings. The van der Waals surface area contributed by atoms with E-state index in [1.165, 1.54) is 49.6 Å². The van der Waals surface area contributed by atoms with Crippen LogP contribution in [0.15, 0.2) is 58.4 Å². The van der Waals surface area contributed by atoms with E-state index in [0.29, 0.717) is 5.56 Å². The van der Waals surface area contributed by atoms with Crippen LogP contribution < -0.4 is 21.8 Å². The second-order valence-corrected chi connectivity index (χ2v) is 9.01. The highest BCUT2D eigenvalue weighted by Gasteiger charge is 2.19. The average molecular weight is 554 g/mol. The van der Waals surface area contributed by atoms with Crippen LogP contribution in [0.25, 0.3) is 0 Å². The van der Waals surface area contributed by atoms with Gasteiger partial charge in [-0.15, -0.1) is 0 Å². The maximum absolute atomic E-state index is 13.0. The molecule has 2 aromatic heterocycles. The normalized spacial score (nSPS) is 10.7. The molecule has 0 aliphatic rings. The fourth-order valence-corrected chi connectivity index (χ4v) is 3.88. The molecule has 0 saturated carbocycles. The lowest BCUT2D eigenvalue weighted by atomic mass is 10.1. The third-order valence-electron chi connectivity index (χ3n) is 6.26. The van der Waals surface area contributed by atoms with Gasteiger partial charge in [-0.05, 0) is 30.2 Å². The molecule has 0 atom stereocenters. The van der Waals surface area contributed by atoms with Crippen molar-refractivity contribution in [3.8, 4) is 17.2 Å². The summed E-state index contributed by atoms with van der Waals surface area (Å²) < 4.78 is 2.25. The van der Waals surface area contributed by atoms with Crippen LogP contribution in [-0.2, 0) is 25.3 Å². The Kier molecular flexibility index (Phi) is 9.68. The van der Waals surface area contributed by atoms with Gasteiger partial charge in [-0.1, -0.05) is 18.2 Å². The van der Waals surface area contributed by atoms with Crippen molar-refractivity contribution in [2.45, 2.75) is 12.8 Å². The van der Waals surface area contributed by atoms with E-state index in [1.54, 1.807) is 18.2 Å². The Balaban J connectivity index is 1.65. The predicted octanol–water partition coefficient (Wildman–Crippen LogP) is -0.178. The molecule has 0 saturated heterocycles. The molecule has 5 N–H and O–H groups in total. The van der Waals surface area contributed by atoms with Crippen molar-refractivity contribution in [2.75, 3.05) is 26.2 Å². The molecule has 2 heterocycles. The molecular formula is C27H31N5O8. The van der Waals surface area contributed by atoms with Crippen LogP contribution in [0, 0.1) is 0 Å². The van der Waals surface area contributed by atoms with Gasteiger partial charge in [-0.25, -0.2) is 0 Å². The van der Waals surface area contributed by atoms with Crippen LogP contribution >= 0.6 is 0 Å². The first-order valence-electron chi connectivity index (χ1n) is 12.4. The van der Waals surface area contributed by atoms with Gasteiger partial charge in [0.1, 0.15) is 5.75 Å². The lowest BCUT2D eigenvalue weighted by Crippen LogP contribution is -2.43. The number of phenolic OH excluding ortho intramolecular Hbond substituents is 1. The molecule has 3 rings (SSSR count). The van der Waals surface area contributed by atoms with Gasteiger partial charge in [0, 0.05) is 59.1 Å². The van der Waals surface area contributed by atoms with Crippen molar-refractivity contribution >= 4 is 17.7 Å². The molecule has 13 nitrogen and oxygen atoms in total. The SMILES string of the molecule is Cn1ccc(C(=O)NCCN(CCNC(=O)c2ccn(C)c(=O)c2O)C(=O)CCc2ccccc2O)c(O)c1=O. The molecule has 1 aromatic carbocycles. The van der Waals surface area contributed by atoms with Crippen molar-refractivity contribution in [1.82, 2.24) is 24.7 Å². The number of benzene rings is 1. The molecule has 0 radical (unpaired) electrons. The number of pyridine rings is 2. The van der Waals surface area contributed by atoms with Crippen molar-refractivity contribution in [2.24, 2.45) is 14.1 Å². The number of aromatic hydroxyl groups is 3. The Labute approximate surface area is 228 Å². The summed E-state index contributed by atoms with van der Waals surface area (Å²) in [5, 5.41) is 35.1. The van der Waals surface area contributed by atoms with Crippen molar-refractivity contribution in [3.63, 3.8) is 0 Å². The highest BCUT2D eigenvalue weighted by molar-refractivity contribution is 5.97. The van der Waals surface area contributed by atoms with Gasteiger partial charge in [-0.2, -0.15) is 0 Å². The zero-order valence-electron chi connectivity index (χ0n) is 22.1. The molecule has 3 aromatic rings. The molecule has 13 heteroatoms. The topological polar surface area (TPSA) is 183 Å². The fraction of sp³-hybridized carbons (Fsp3) is 0.296. The van der Waals surface area contributed by atoms with Gasteiger partial charge < -0.3 is 40.0 Å². The smallest absolute Gasteiger partial charge is 0.293 e. The quantitative estimate of drug-likeness (QED) is 0.217. The van der Waals surface area contributed by atoms with E-state index in [1.807, 2.05) is 0 Å². The zero-order chi connectivity index (χ0) is 29.4. The van der Waals surface area contributed by atoms with Gasteiger partial charge in [0.05, 0.1) is 11.1 Å². The molecule has 0 aliphatic carbocycles. The predicted molar refractivity (Wildman–Crippen MR) is 144 cm³/mol. The third-order valence-corrected chi connectivity index (χ3v) is 6.26. The second kappa shape index (κ2) is 13.1. The number of para-hydroxylation sites is 1. The number of rotatable bonds is 11. The van der Waals surface area contributed by atoms with Gasteiger partial charge in [0.15, 0.2) is 11.5 Å². The Bertz CT molecular complexity index is 1440. The first kappa shape index (κ1) is 29.5. The number of carbonyl (C=O) groups excluding carboxylic acids is 3. The van der Waals surface area contributed by atoms with E-state index in [0.717, 1.165) is 9.13 Å². The number of aryl methyl sites for hydroxylation is 3. The van der Waals surface area contributed by atoms with E-state index in [9.17, 15) is 39.3 Å². The van der Waals surface area contributed by atoms with Crippen LogP contribution in [0.5, 0.6) is 17.2 Å². The van der Waals surface area contributed by atoms with E-state index in [-0.39, 0.29) is 61.8 Å². The zero-order valence-corrected chi connectivity index (χ0v) is 22.1. The number of hydrogen-bond donors (Lipinski definition) is 5. The van der Waals surface area contributed by atoms with Crippen LogP contribution in [0.1, 0.15) is 32.7 Å². The van der Waals surface area contributed by atoms with Crippen LogP contribution in [0.3, 0.4) is 0 Å². The number of nitrogens with zero attached hydrogens (tertiary/aromatic N) is 3. The molecule has 3 amide bonds. The van der Waals surface area contributed by atoms with E-state index < -0.39 is 34.4 Å². The summed E-state index contributed by atoms with van der Waals surface area (Å²) in [5.41, 5.74) is -1.29. The number of nitrogens with one attached hydrogen (secondary N) is 2. The summed E-state index contributed by atoms with van der Waals surface area (Å²) >= 11 is 0. The third kappa shape index (κ3) is 7.07. The average Bonchev–Trinajstić information content (AvgIpc) is 2.93. The summed E-state index contributed by atoms with van der Waals surface area (Å²) in [6, 6.07) is 9.20. The highest BCUT2D eigenvalue weighted by atomic mass is 16.3. The molecule has 0 spiro atoms. The minimum Gasteiger partial charge on any atom is -0.508 e. The first-order valence-corrected chi connectivity index (χ1v) is 12.4. The van der Waals surface area contributed by atoms with Crippen molar-refractivity contribution < 1.29 is 29.7 Å². The monoisotopic (exact) mass is 553 g/mol. The summed E-state index contributed by atoms with van der Waals surface area (Å²) in [6.07, 6.45) is 2.97. The molecule has 0 bridgehead atoms.